The van der Waals surface area contributed by atoms with Crippen molar-refractivity contribution in [1.29, 1.82) is 0 Å². The van der Waals surface area contributed by atoms with E-state index in [2.05, 4.69) is 10.6 Å². The smallest absolute Gasteiger partial charge is 0.319 e. The van der Waals surface area contributed by atoms with Crippen LogP contribution < -0.4 is 15.4 Å². The molecular weight excluding hydrogens is 268 g/mol. The number of nitrogens with one attached hydrogen (secondary N) is 2. The van der Waals surface area contributed by atoms with Gasteiger partial charge in [0.2, 0.25) is 0 Å². The summed E-state index contributed by atoms with van der Waals surface area (Å²) in [7, 11) is 1.58. The van der Waals surface area contributed by atoms with Crippen LogP contribution in [-0.4, -0.2) is 30.9 Å². The molecule has 4 atom stereocenters. The number of aliphatic hydroxyl groups excluding tert-OH is 1. The fraction of sp³-hybridized carbons (Fsp3) is 0.562. The van der Waals surface area contributed by atoms with E-state index in [1.54, 1.807) is 7.11 Å². The average Bonchev–Trinajstić information content (AvgIpc) is 3.08. The highest BCUT2D eigenvalue weighted by Gasteiger charge is 2.47. The molecule has 1 aromatic carbocycles. The Bertz CT molecular complexity index is 520. The number of rotatable bonds is 4. The van der Waals surface area contributed by atoms with E-state index in [4.69, 9.17) is 4.74 Å². The number of urea groups is 1. The Balaban J connectivity index is 1.64. The fourth-order valence-electron chi connectivity index (χ4n) is 3.96. The molecule has 21 heavy (non-hydrogen) atoms. The first-order chi connectivity index (χ1) is 10.2. The molecule has 2 aliphatic carbocycles. The van der Waals surface area contributed by atoms with Crippen LogP contribution in [-0.2, 0) is 0 Å². The van der Waals surface area contributed by atoms with Crippen molar-refractivity contribution < 1.29 is 14.6 Å². The minimum Gasteiger partial charge on any atom is -0.495 e. The third-order valence-electron chi connectivity index (χ3n) is 4.95. The molecule has 0 heterocycles. The van der Waals surface area contributed by atoms with Gasteiger partial charge in [-0.3, -0.25) is 0 Å². The van der Waals surface area contributed by atoms with Crippen LogP contribution in [0.15, 0.2) is 24.3 Å². The van der Waals surface area contributed by atoms with Crippen LogP contribution in [0.2, 0.25) is 0 Å². The van der Waals surface area contributed by atoms with Gasteiger partial charge in [-0.05, 0) is 43.2 Å². The van der Waals surface area contributed by atoms with Crippen LogP contribution in [0.25, 0.3) is 0 Å². The summed E-state index contributed by atoms with van der Waals surface area (Å²) in [6.07, 6.45) is 3.47. The summed E-state index contributed by atoms with van der Waals surface area (Å²) in [4.78, 5) is 12.2. The van der Waals surface area contributed by atoms with Gasteiger partial charge in [0, 0.05) is 18.6 Å². The highest BCUT2D eigenvalue weighted by atomic mass is 16.5. The second-order valence-electron chi connectivity index (χ2n) is 6.00. The number of fused-ring (bicyclic) bond motifs is 2. The van der Waals surface area contributed by atoms with E-state index in [-0.39, 0.29) is 24.6 Å². The Kier molecular flexibility index (Phi) is 4.01. The van der Waals surface area contributed by atoms with E-state index in [9.17, 15) is 9.90 Å². The number of ether oxygens (including phenoxy) is 1. The van der Waals surface area contributed by atoms with Crippen LogP contribution in [0.1, 0.15) is 19.3 Å². The largest absolute Gasteiger partial charge is 0.495 e. The molecule has 0 saturated heterocycles. The summed E-state index contributed by atoms with van der Waals surface area (Å²) in [5.41, 5.74) is 0.654. The Hall–Kier alpha value is -1.75. The monoisotopic (exact) mass is 290 g/mol. The van der Waals surface area contributed by atoms with E-state index in [1.165, 1.54) is 6.42 Å². The molecule has 0 aliphatic heterocycles. The number of hydrogen-bond acceptors (Lipinski definition) is 3. The van der Waals surface area contributed by atoms with Crippen molar-refractivity contribution in [3.05, 3.63) is 24.3 Å². The number of carbonyl (C=O) groups is 1. The molecule has 0 radical (unpaired) electrons. The highest BCUT2D eigenvalue weighted by Crippen LogP contribution is 2.48. The summed E-state index contributed by atoms with van der Waals surface area (Å²) in [5, 5.41) is 15.4. The van der Waals surface area contributed by atoms with Gasteiger partial charge in [0.15, 0.2) is 0 Å². The van der Waals surface area contributed by atoms with Crippen LogP contribution >= 0.6 is 0 Å². The van der Waals surface area contributed by atoms with Crippen molar-refractivity contribution in [2.45, 2.75) is 25.3 Å². The molecular formula is C16H22N2O3. The predicted molar refractivity (Wildman–Crippen MR) is 80.3 cm³/mol. The van der Waals surface area contributed by atoms with Crippen LogP contribution in [0.5, 0.6) is 5.75 Å². The molecule has 0 unspecified atom stereocenters. The third-order valence-corrected chi connectivity index (χ3v) is 4.95. The third kappa shape index (κ3) is 2.70. The number of benzene rings is 1. The summed E-state index contributed by atoms with van der Waals surface area (Å²) in [6.45, 7) is 0.154. The lowest BCUT2D eigenvalue weighted by Crippen LogP contribution is -2.46. The topological polar surface area (TPSA) is 70.6 Å². The number of methoxy groups -OCH3 is 1. The quantitative estimate of drug-likeness (QED) is 0.796. The Labute approximate surface area is 124 Å². The van der Waals surface area contributed by atoms with Crippen molar-refractivity contribution in [2.24, 2.45) is 17.8 Å². The van der Waals surface area contributed by atoms with Crippen LogP contribution in [0, 0.1) is 17.8 Å². The van der Waals surface area contributed by atoms with Crippen molar-refractivity contribution in [1.82, 2.24) is 5.32 Å². The number of carbonyl (C=O) groups excluding carboxylic acids is 1. The van der Waals surface area contributed by atoms with Gasteiger partial charge in [0.05, 0.1) is 12.8 Å². The molecule has 3 N–H and O–H groups in total. The minimum atomic E-state index is -0.226. The van der Waals surface area contributed by atoms with Crippen molar-refractivity contribution in [3.63, 3.8) is 0 Å². The molecule has 1 aromatic rings. The molecule has 3 rings (SSSR count). The Morgan fingerprint density at radius 2 is 2.10 bits per heavy atom. The molecule has 2 saturated carbocycles. The molecule has 0 aromatic heterocycles. The summed E-state index contributed by atoms with van der Waals surface area (Å²) < 4.78 is 5.23. The zero-order valence-electron chi connectivity index (χ0n) is 12.2. The SMILES string of the molecule is COc1ccccc1NC(=O)N[C@@H]1[C@H]2CC[C@@H](C2)[C@H]1CO. The summed E-state index contributed by atoms with van der Waals surface area (Å²) in [6, 6.07) is 7.19. The molecule has 2 fully saturated rings. The van der Waals surface area contributed by atoms with Gasteiger partial charge >= 0.3 is 6.03 Å². The number of anilines is 1. The highest BCUT2D eigenvalue weighted by molar-refractivity contribution is 5.91. The summed E-state index contributed by atoms with van der Waals surface area (Å²) >= 11 is 0. The number of amides is 2. The maximum absolute atomic E-state index is 12.2. The Morgan fingerprint density at radius 3 is 2.86 bits per heavy atom. The standard InChI is InChI=1S/C16H22N2O3/c1-21-14-5-3-2-4-13(14)17-16(20)18-15-11-7-6-10(8-11)12(15)9-19/h2-5,10-12,15,19H,6-9H2,1H3,(H2,17,18,20)/t10-,11-,12+,15+/m0/s1. The second-order valence-corrected chi connectivity index (χ2v) is 6.00. The molecule has 2 bridgehead atoms. The van der Waals surface area contributed by atoms with Gasteiger partial charge in [-0.2, -0.15) is 0 Å². The lowest BCUT2D eigenvalue weighted by molar-refractivity contribution is 0.146. The number of para-hydroxylation sites is 2. The van der Waals surface area contributed by atoms with Crippen molar-refractivity contribution in [2.75, 3.05) is 19.0 Å². The number of hydrogen-bond donors (Lipinski definition) is 3. The van der Waals surface area contributed by atoms with E-state index in [0.717, 1.165) is 12.8 Å². The molecule has 5 heteroatoms. The Morgan fingerprint density at radius 1 is 1.33 bits per heavy atom. The first kappa shape index (κ1) is 14.2. The zero-order chi connectivity index (χ0) is 14.8. The van der Waals surface area contributed by atoms with Crippen molar-refractivity contribution >= 4 is 11.7 Å². The van der Waals surface area contributed by atoms with Crippen molar-refractivity contribution in [3.8, 4) is 5.75 Å². The zero-order valence-corrected chi connectivity index (χ0v) is 12.2. The molecule has 2 amide bonds. The molecule has 114 valence electrons. The first-order valence-electron chi connectivity index (χ1n) is 7.54. The summed E-state index contributed by atoms with van der Waals surface area (Å²) in [5.74, 6) is 1.92. The van der Waals surface area contributed by atoms with E-state index < -0.39 is 0 Å². The van der Waals surface area contributed by atoms with E-state index in [1.807, 2.05) is 24.3 Å². The maximum Gasteiger partial charge on any atom is 0.319 e. The van der Waals surface area contributed by atoms with Gasteiger partial charge < -0.3 is 20.5 Å². The maximum atomic E-state index is 12.2. The minimum absolute atomic E-state index is 0.0865. The van der Waals surface area contributed by atoms with Crippen LogP contribution in [0.4, 0.5) is 10.5 Å². The molecule has 5 nitrogen and oxygen atoms in total. The average molecular weight is 290 g/mol. The predicted octanol–water partition coefficient (Wildman–Crippen LogP) is 2.22. The molecule has 2 aliphatic rings. The first-order valence-corrected chi connectivity index (χ1v) is 7.54. The lowest BCUT2D eigenvalue weighted by atomic mass is 9.85. The van der Waals surface area contributed by atoms with Gasteiger partial charge in [-0.25, -0.2) is 4.79 Å². The van der Waals surface area contributed by atoms with Crippen LogP contribution in [0.3, 0.4) is 0 Å². The van der Waals surface area contributed by atoms with Gasteiger partial charge in [-0.15, -0.1) is 0 Å². The van der Waals surface area contributed by atoms with Gasteiger partial charge in [0.25, 0.3) is 0 Å². The van der Waals surface area contributed by atoms with E-state index >= 15 is 0 Å². The van der Waals surface area contributed by atoms with Gasteiger partial charge in [0.1, 0.15) is 5.75 Å². The fourth-order valence-corrected chi connectivity index (χ4v) is 3.96. The lowest BCUT2D eigenvalue weighted by Gasteiger charge is -2.30. The van der Waals surface area contributed by atoms with Gasteiger partial charge in [-0.1, -0.05) is 12.1 Å². The second kappa shape index (κ2) is 5.93. The normalized spacial score (nSPS) is 30.2. The number of aliphatic hydroxyl groups is 1. The van der Waals surface area contributed by atoms with E-state index in [0.29, 0.717) is 23.3 Å². The molecule has 0 spiro atoms.